The SMILES string of the molecule is CC1OC(OC2=Cc3c(O)cc(O)cc3[OH+]C2c2ccc(O)c(O)c2)C(O)C(O)C1O. The lowest BCUT2D eigenvalue weighted by Gasteiger charge is -2.39. The number of phenols is 4. The fourth-order valence-corrected chi connectivity index (χ4v) is 3.58. The fourth-order valence-electron chi connectivity index (χ4n) is 3.58. The molecule has 1 saturated heterocycles. The number of aromatic hydroxyl groups is 5. The van der Waals surface area contributed by atoms with Crippen molar-refractivity contribution in [3.63, 3.8) is 0 Å². The van der Waals surface area contributed by atoms with Gasteiger partial charge in [0.25, 0.3) is 11.9 Å². The van der Waals surface area contributed by atoms with E-state index in [1.807, 2.05) is 0 Å². The Balaban J connectivity index is 1.74. The number of aliphatic hydroxyl groups excluding tert-OH is 3. The fraction of sp³-hybridized carbons (Fsp3) is 0.333. The Hall–Kier alpha value is -3.18. The van der Waals surface area contributed by atoms with E-state index in [4.69, 9.17) is 9.47 Å². The van der Waals surface area contributed by atoms with Gasteiger partial charge in [0.15, 0.2) is 17.3 Å². The van der Waals surface area contributed by atoms with Crippen molar-refractivity contribution in [2.45, 2.75) is 43.7 Å². The summed E-state index contributed by atoms with van der Waals surface area (Å²) in [5.74, 6) is -0.853. The number of fused-ring (bicyclic) bond motifs is 1. The van der Waals surface area contributed by atoms with Crippen molar-refractivity contribution in [2.75, 3.05) is 0 Å². The molecule has 2 aliphatic heterocycles. The lowest BCUT2D eigenvalue weighted by Crippen LogP contribution is -2.57. The highest BCUT2D eigenvalue weighted by Gasteiger charge is 2.45. The van der Waals surface area contributed by atoms with Gasteiger partial charge in [-0.3, -0.25) is 0 Å². The molecule has 10 nitrogen and oxygen atoms in total. The quantitative estimate of drug-likeness (QED) is 0.270. The zero-order valence-electron chi connectivity index (χ0n) is 16.3. The van der Waals surface area contributed by atoms with Crippen LogP contribution in [0.15, 0.2) is 36.1 Å². The average Bonchev–Trinajstić information content (AvgIpc) is 2.72. The van der Waals surface area contributed by atoms with Crippen molar-refractivity contribution < 1.29 is 50.0 Å². The summed E-state index contributed by atoms with van der Waals surface area (Å²) in [7, 11) is 0. The molecule has 2 aromatic rings. The van der Waals surface area contributed by atoms with E-state index in [0.717, 1.165) is 6.07 Å². The lowest BCUT2D eigenvalue weighted by atomic mass is 9.99. The van der Waals surface area contributed by atoms with Crippen LogP contribution in [0, 0.1) is 0 Å². The molecule has 4 rings (SSSR count). The Morgan fingerprint density at radius 1 is 0.871 bits per heavy atom. The summed E-state index contributed by atoms with van der Waals surface area (Å²) < 4.78 is 15.8. The molecule has 8 N–H and O–H groups in total. The Morgan fingerprint density at radius 3 is 2.32 bits per heavy atom. The molecule has 0 aliphatic carbocycles. The minimum atomic E-state index is -1.57. The molecule has 2 aliphatic rings. The predicted molar refractivity (Wildman–Crippen MR) is 105 cm³/mol. The van der Waals surface area contributed by atoms with Crippen LogP contribution in [0.3, 0.4) is 0 Å². The Labute approximate surface area is 176 Å². The van der Waals surface area contributed by atoms with E-state index in [1.165, 1.54) is 37.3 Å². The van der Waals surface area contributed by atoms with Crippen molar-refractivity contribution in [3.8, 4) is 28.7 Å². The maximum Gasteiger partial charge on any atom is 0.270 e. The summed E-state index contributed by atoms with van der Waals surface area (Å²) in [6.45, 7) is 1.51. The predicted octanol–water partition coefficient (Wildman–Crippen LogP) is 0.690. The van der Waals surface area contributed by atoms with Crippen LogP contribution < -0.4 is 0 Å². The molecule has 1 fully saturated rings. The minimum Gasteiger partial charge on any atom is -0.571 e. The van der Waals surface area contributed by atoms with Crippen molar-refractivity contribution in [1.82, 2.24) is 0 Å². The van der Waals surface area contributed by atoms with E-state index in [-0.39, 0.29) is 34.3 Å². The van der Waals surface area contributed by atoms with Gasteiger partial charge in [0, 0.05) is 12.1 Å². The Kier molecular flexibility index (Phi) is 5.31. The third-order valence-corrected chi connectivity index (χ3v) is 5.32. The summed E-state index contributed by atoms with van der Waals surface area (Å²) in [6, 6.07) is 6.50. The van der Waals surface area contributed by atoms with Crippen molar-refractivity contribution in [1.29, 1.82) is 0 Å². The van der Waals surface area contributed by atoms with Crippen LogP contribution in [-0.4, -0.2) is 71.2 Å². The second-order valence-corrected chi connectivity index (χ2v) is 7.52. The topological polar surface area (TPSA) is 173 Å². The molecule has 166 valence electrons. The van der Waals surface area contributed by atoms with Crippen molar-refractivity contribution >= 4 is 6.08 Å². The number of rotatable bonds is 3. The molecular weight excluding hydrogens is 412 g/mol. The van der Waals surface area contributed by atoms with Gasteiger partial charge in [-0.05, 0) is 25.1 Å². The molecule has 10 heteroatoms. The molecule has 2 aromatic carbocycles. The van der Waals surface area contributed by atoms with Gasteiger partial charge < -0.3 is 50.0 Å². The molecule has 2 heterocycles. The number of hydrogen-bond donors (Lipinski definition) is 7. The van der Waals surface area contributed by atoms with Gasteiger partial charge in [-0.2, -0.15) is 0 Å². The summed E-state index contributed by atoms with van der Waals surface area (Å²) in [5.41, 5.74) is 0.639. The summed E-state index contributed by atoms with van der Waals surface area (Å²) >= 11 is 0. The molecule has 6 atom stereocenters. The van der Waals surface area contributed by atoms with Gasteiger partial charge in [0.2, 0.25) is 6.29 Å². The largest absolute Gasteiger partial charge is 0.571 e. The van der Waals surface area contributed by atoms with E-state index in [9.17, 15) is 35.7 Å². The number of phenolic OH excluding ortho intramolecular Hbond substituents is 4. The number of hydrogen-bond acceptors (Lipinski definition) is 9. The van der Waals surface area contributed by atoms with Gasteiger partial charge in [-0.15, -0.1) is 0 Å². The third-order valence-electron chi connectivity index (χ3n) is 5.32. The maximum absolute atomic E-state index is 10.3. The van der Waals surface area contributed by atoms with Crippen LogP contribution in [0.2, 0.25) is 0 Å². The molecule has 0 bridgehead atoms. The van der Waals surface area contributed by atoms with Crippen LogP contribution >= 0.6 is 0 Å². The lowest BCUT2D eigenvalue weighted by molar-refractivity contribution is -0.287. The highest BCUT2D eigenvalue weighted by molar-refractivity contribution is 5.69. The average molecular weight is 435 g/mol. The van der Waals surface area contributed by atoms with Crippen LogP contribution in [0.25, 0.3) is 6.08 Å². The van der Waals surface area contributed by atoms with E-state index < -0.39 is 42.6 Å². The third kappa shape index (κ3) is 3.81. The molecule has 0 spiro atoms. The van der Waals surface area contributed by atoms with Gasteiger partial charge >= 0.3 is 0 Å². The second-order valence-electron chi connectivity index (χ2n) is 7.52. The monoisotopic (exact) mass is 435 g/mol. The summed E-state index contributed by atoms with van der Waals surface area (Å²) in [6.07, 6.45) is -6.06. The van der Waals surface area contributed by atoms with Gasteiger partial charge in [-0.25, -0.2) is 0 Å². The van der Waals surface area contributed by atoms with Crippen LogP contribution in [0.4, 0.5) is 0 Å². The minimum absolute atomic E-state index is 0.0958. The maximum atomic E-state index is 10.3. The Bertz CT molecular complexity index is 1020. The van der Waals surface area contributed by atoms with E-state index in [2.05, 4.69) is 4.74 Å². The Morgan fingerprint density at radius 2 is 1.61 bits per heavy atom. The van der Waals surface area contributed by atoms with Crippen molar-refractivity contribution in [3.05, 3.63) is 47.2 Å². The summed E-state index contributed by atoms with van der Waals surface area (Å²) in [5, 5.41) is 69.8. The number of benzene rings is 2. The molecule has 0 radical (unpaired) electrons. The van der Waals surface area contributed by atoms with Crippen molar-refractivity contribution in [2.24, 2.45) is 0 Å². The molecular formula is C21H23O10+. The van der Waals surface area contributed by atoms with Crippen LogP contribution in [0.5, 0.6) is 28.7 Å². The highest BCUT2D eigenvalue weighted by atomic mass is 16.7. The number of ether oxygens (including phenoxy) is 3. The van der Waals surface area contributed by atoms with Gasteiger partial charge in [0.05, 0.1) is 17.7 Å². The second kappa shape index (κ2) is 7.82. The first-order valence-corrected chi connectivity index (χ1v) is 9.52. The molecule has 0 saturated carbocycles. The van der Waals surface area contributed by atoms with Crippen LogP contribution in [0.1, 0.15) is 24.2 Å². The zero-order chi connectivity index (χ0) is 22.4. The van der Waals surface area contributed by atoms with Gasteiger partial charge in [0.1, 0.15) is 35.4 Å². The standard InChI is InChI=1S/C21H22O10/c1-8-17(26)18(27)19(28)21(29-8)31-16-7-11-13(24)5-10(22)6-15(11)30-20(16)9-2-3-12(23)14(25)4-9/h2-8,17-28H,1H3/p+1. The molecule has 0 amide bonds. The smallest absolute Gasteiger partial charge is 0.270 e. The zero-order valence-corrected chi connectivity index (χ0v) is 16.3. The van der Waals surface area contributed by atoms with Gasteiger partial charge in [-0.1, -0.05) is 0 Å². The highest BCUT2D eigenvalue weighted by Crippen LogP contribution is 2.46. The van der Waals surface area contributed by atoms with E-state index in [0.29, 0.717) is 5.56 Å². The first-order chi connectivity index (χ1) is 14.7. The first-order valence-electron chi connectivity index (χ1n) is 9.52. The normalized spacial score (nSPS) is 30.1. The summed E-state index contributed by atoms with van der Waals surface area (Å²) in [4.78, 5) is 0. The molecule has 6 unspecified atom stereocenters. The first kappa shape index (κ1) is 21.1. The van der Waals surface area contributed by atoms with Crippen LogP contribution in [-0.2, 0) is 9.47 Å². The number of aliphatic hydroxyl groups is 4. The molecule has 0 aromatic heterocycles. The van der Waals surface area contributed by atoms with E-state index >= 15 is 0 Å². The molecule has 31 heavy (non-hydrogen) atoms. The van der Waals surface area contributed by atoms with E-state index in [1.54, 1.807) is 0 Å².